The summed E-state index contributed by atoms with van der Waals surface area (Å²) in [4.78, 5) is 25.1. The first-order chi connectivity index (χ1) is 14.3. The minimum atomic E-state index is -3.32. The Labute approximate surface area is 179 Å². The highest BCUT2D eigenvalue weighted by Crippen LogP contribution is 2.33. The third-order valence-electron chi connectivity index (χ3n) is 5.49. The van der Waals surface area contributed by atoms with E-state index in [1.807, 2.05) is 0 Å². The zero-order valence-electron chi connectivity index (χ0n) is 16.4. The second-order valence-corrected chi connectivity index (χ2v) is 10.3. The number of benzene rings is 1. The first kappa shape index (κ1) is 20.9. The minimum Gasteiger partial charge on any atom is -0.345 e. The van der Waals surface area contributed by atoms with E-state index in [-0.39, 0.29) is 23.4 Å². The zero-order chi connectivity index (χ0) is 21.3. The molecule has 4 rings (SSSR count). The lowest BCUT2D eigenvalue weighted by molar-refractivity contribution is -0.136. The van der Waals surface area contributed by atoms with Crippen LogP contribution in [0.2, 0.25) is 5.02 Å². The van der Waals surface area contributed by atoms with E-state index in [4.69, 9.17) is 11.6 Å². The zero-order valence-corrected chi connectivity index (χ0v) is 17.9. The highest BCUT2D eigenvalue weighted by Gasteiger charge is 2.34. The molecule has 1 saturated carbocycles. The monoisotopic (exact) mass is 450 g/mol. The second-order valence-electron chi connectivity index (χ2n) is 7.81. The molecule has 1 aromatic carbocycles. The van der Waals surface area contributed by atoms with Crippen LogP contribution in [0, 0.1) is 0 Å². The van der Waals surface area contributed by atoms with Crippen LogP contribution >= 0.6 is 11.6 Å². The number of halogens is 1. The van der Waals surface area contributed by atoms with E-state index in [9.17, 15) is 18.0 Å². The van der Waals surface area contributed by atoms with Gasteiger partial charge in [-0.3, -0.25) is 9.59 Å². The number of carbonyl (C=O) groups excluding carboxylic acids is 2. The van der Waals surface area contributed by atoms with E-state index in [1.54, 1.807) is 24.3 Å². The van der Waals surface area contributed by atoms with Crippen LogP contribution in [0.25, 0.3) is 5.69 Å². The molecule has 10 heteroatoms. The number of nitrogens with zero attached hydrogens (tertiary/aromatic N) is 2. The lowest BCUT2D eigenvalue weighted by atomic mass is 10.1. The largest absolute Gasteiger partial charge is 0.345 e. The highest BCUT2D eigenvalue weighted by atomic mass is 35.5. The molecule has 0 unspecified atom stereocenters. The summed E-state index contributed by atoms with van der Waals surface area (Å²) in [7, 11) is -3.32. The van der Waals surface area contributed by atoms with Gasteiger partial charge in [0.25, 0.3) is 0 Å². The summed E-state index contributed by atoms with van der Waals surface area (Å²) in [5.74, 6) is -1.77. The summed E-state index contributed by atoms with van der Waals surface area (Å²) in [5.41, 5.74) is 1.40. The van der Waals surface area contributed by atoms with E-state index in [2.05, 4.69) is 15.7 Å². The average Bonchev–Trinajstić information content (AvgIpc) is 3.03. The number of fused-ring (bicyclic) bond motifs is 1. The van der Waals surface area contributed by atoms with Gasteiger partial charge in [-0.1, -0.05) is 37.3 Å². The number of hydrogen-bond donors (Lipinski definition) is 2. The number of aromatic nitrogens is 2. The van der Waals surface area contributed by atoms with Crippen molar-refractivity contribution in [3.05, 3.63) is 40.5 Å². The van der Waals surface area contributed by atoms with E-state index in [0.717, 1.165) is 38.5 Å². The van der Waals surface area contributed by atoms with Gasteiger partial charge in [-0.25, -0.2) is 13.1 Å². The van der Waals surface area contributed by atoms with Crippen LogP contribution in [0.3, 0.4) is 0 Å². The molecule has 2 amide bonds. The fraction of sp³-hybridized carbons (Fsp3) is 0.450. The van der Waals surface area contributed by atoms with Crippen LogP contribution in [-0.2, 0) is 30.9 Å². The number of sulfone groups is 1. The quantitative estimate of drug-likeness (QED) is 0.551. The number of rotatable bonds is 3. The molecule has 30 heavy (non-hydrogen) atoms. The van der Waals surface area contributed by atoms with E-state index in [0.29, 0.717) is 22.0 Å². The maximum Gasteiger partial charge on any atom is 0.314 e. The Morgan fingerprint density at radius 1 is 1.00 bits per heavy atom. The molecule has 0 bridgehead atoms. The van der Waals surface area contributed by atoms with E-state index >= 15 is 0 Å². The predicted molar refractivity (Wildman–Crippen MR) is 113 cm³/mol. The van der Waals surface area contributed by atoms with Crippen molar-refractivity contribution in [2.24, 2.45) is 0 Å². The van der Waals surface area contributed by atoms with Gasteiger partial charge in [-0.15, -0.1) is 0 Å². The van der Waals surface area contributed by atoms with Crippen molar-refractivity contribution < 1.29 is 18.0 Å². The molecule has 1 aliphatic carbocycles. The molecule has 8 nitrogen and oxygen atoms in total. The molecule has 0 atom stereocenters. The number of anilines is 1. The van der Waals surface area contributed by atoms with Crippen LogP contribution in [0.15, 0.2) is 24.3 Å². The summed E-state index contributed by atoms with van der Waals surface area (Å²) in [6.07, 6.45) is 6.05. The van der Waals surface area contributed by atoms with Crippen molar-refractivity contribution in [2.45, 2.75) is 56.1 Å². The topological polar surface area (TPSA) is 110 Å². The van der Waals surface area contributed by atoms with Crippen molar-refractivity contribution in [1.29, 1.82) is 0 Å². The van der Waals surface area contributed by atoms with Crippen molar-refractivity contribution in [3.8, 4) is 5.69 Å². The molecule has 0 radical (unpaired) electrons. The van der Waals surface area contributed by atoms with Gasteiger partial charge in [-0.2, -0.15) is 5.10 Å². The van der Waals surface area contributed by atoms with Crippen LogP contribution < -0.4 is 10.6 Å². The van der Waals surface area contributed by atoms with Crippen LogP contribution in [-0.4, -0.2) is 36.1 Å². The molecular weight excluding hydrogens is 428 g/mol. The van der Waals surface area contributed by atoms with Crippen molar-refractivity contribution in [2.75, 3.05) is 5.32 Å². The normalized spacial score (nSPS) is 18.4. The second kappa shape index (κ2) is 8.39. The van der Waals surface area contributed by atoms with Gasteiger partial charge in [0.2, 0.25) is 0 Å². The minimum absolute atomic E-state index is 0.0157. The Hall–Kier alpha value is -2.39. The molecule has 1 aliphatic heterocycles. The fourth-order valence-corrected chi connectivity index (χ4v) is 5.60. The smallest absolute Gasteiger partial charge is 0.314 e. The summed E-state index contributed by atoms with van der Waals surface area (Å²) in [5, 5.41) is 10.3. The molecule has 0 spiro atoms. The molecule has 1 fully saturated rings. The molecular formula is C20H23ClN4O4S. The third-order valence-corrected chi connectivity index (χ3v) is 7.18. The number of hydrogen-bond acceptors (Lipinski definition) is 5. The van der Waals surface area contributed by atoms with Crippen molar-refractivity contribution in [1.82, 2.24) is 15.1 Å². The summed E-state index contributed by atoms with van der Waals surface area (Å²) in [6, 6.07) is 6.74. The van der Waals surface area contributed by atoms with Gasteiger partial charge in [-0.05, 0) is 37.1 Å². The van der Waals surface area contributed by atoms with Gasteiger partial charge in [0.1, 0.15) is 5.82 Å². The molecule has 1 aromatic heterocycles. The van der Waals surface area contributed by atoms with Crippen molar-refractivity contribution >= 4 is 39.1 Å². The molecule has 2 N–H and O–H groups in total. The predicted octanol–water partition coefficient (Wildman–Crippen LogP) is 2.73. The van der Waals surface area contributed by atoms with E-state index in [1.165, 1.54) is 4.68 Å². The molecule has 2 aliphatic rings. The first-order valence-electron chi connectivity index (χ1n) is 10.0. The number of carbonyl (C=O) groups is 2. The van der Waals surface area contributed by atoms with Crippen molar-refractivity contribution in [3.63, 3.8) is 0 Å². The highest BCUT2D eigenvalue weighted by molar-refractivity contribution is 7.90. The summed E-state index contributed by atoms with van der Waals surface area (Å²) in [6.45, 7) is 0. The first-order valence-corrected chi connectivity index (χ1v) is 12.2. The maximum absolute atomic E-state index is 12.6. The van der Waals surface area contributed by atoms with Crippen LogP contribution in [0.1, 0.15) is 49.8 Å². The lowest BCUT2D eigenvalue weighted by Gasteiger charge is -2.16. The third kappa shape index (κ3) is 4.52. The Balaban J connectivity index is 1.58. The van der Waals surface area contributed by atoms with Crippen LogP contribution in [0.4, 0.5) is 5.82 Å². The van der Waals surface area contributed by atoms with E-state index < -0.39 is 21.7 Å². The van der Waals surface area contributed by atoms with Gasteiger partial charge >= 0.3 is 11.8 Å². The lowest BCUT2D eigenvalue weighted by Crippen LogP contribution is -2.42. The molecule has 2 aromatic rings. The maximum atomic E-state index is 12.6. The van der Waals surface area contributed by atoms with Gasteiger partial charge in [0.05, 0.1) is 22.9 Å². The summed E-state index contributed by atoms with van der Waals surface area (Å²) < 4.78 is 25.5. The number of amides is 2. The fourth-order valence-electron chi connectivity index (χ4n) is 3.98. The standard InChI is InChI=1S/C20H23ClN4O4S/c21-13-7-9-15(10-8-13)25-18(16-11-30(28,29)12-17(16)24-25)23-20(27)19(26)22-14-5-3-1-2-4-6-14/h7-10,14H,1-6,11-12H2,(H,22,26)(H,23,27). The Morgan fingerprint density at radius 3 is 2.33 bits per heavy atom. The SMILES string of the molecule is O=C(Nc1c2c(nn1-c1ccc(Cl)cc1)CS(=O)(=O)C2)C(=O)NC1CCCCCC1. The van der Waals surface area contributed by atoms with Gasteiger partial charge < -0.3 is 10.6 Å². The molecule has 2 heterocycles. The Kier molecular flexibility index (Phi) is 5.84. The van der Waals surface area contributed by atoms with Gasteiger partial charge in [0.15, 0.2) is 9.84 Å². The van der Waals surface area contributed by atoms with Gasteiger partial charge in [0, 0.05) is 16.6 Å². The summed E-state index contributed by atoms with van der Waals surface area (Å²) >= 11 is 5.95. The molecule has 160 valence electrons. The average molecular weight is 451 g/mol. The number of nitrogens with one attached hydrogen (secondary N) is 2. The van der Waals surface area contributed by atoms with Crippen LogP contribution in [0.5, 0.6) is 0 Å². The molecule has 0 saturated heterocycles. The Morgan fingerprint density at radius 2 is 1.67 bits per heavy atom. The Bertz CT molecular complexity index is 1070.